The largest absolute Gasteiger partial charge is 0.356 e. The monoisotopic (exact) mass is 242 g/mol. The van der Waals surface area contributed by atoms with E-state index in [1.54, 1.807) is 0 Å². The third-order valence-corrected chi connectivity index (χ3v) is 4.31. The molecule has 1 aliphatic heterocycles. The second-order valence-corrected chi connectivity index (χ2v) is 5.54. The van der Waals surface area contributed by atoms with Gasteiger partial charge in [-0.3, -0.25) is 0 Å². The summed E-state index contributed by atoms with van der Waals surface area (Å²) in [5, 5.41) is 9.02. The van der Waals surface area contributed by atoms with Crippen molar-refractivity contribution in [1.29, 1.82) is 5.26 Å². The quantitative estimate of drug-likeness (QED) is 0.809. The molecule has 1 saturated heterocycles. The Morgan fingerprint density at radius 2 is 2.22 bits per heavy atom. The Kier molecular flexibility index (Phi) is 2.71. The van der Waals surface area contributed by atoms with Gasteiger partial charge in [0, 0.05) is 24.8 Å². The van der Waals surface area contributed by atoms with E-state index in [1.807, 2.05) is 19.1 Å². The van der Waals surface area contributed by atoms with Gasteiger partial charge in [0.25, 0.3) is 0 Å². The SMILES string of the molecule is Cc1cc(C#N)cc(N2CC3CCC(N)C3C2)n1. The van der Waals surface area contributed by atoms with Gasteiger partial charge in [-0.2, -0.15) is 5.26 Å². The maximum absolute atomic E-state index is 9.02. The van der Waals surface area contributed by atoms with Gasteiger partial charge in [-0.05, 0) is 43.7 Å². The summed E-state index contributed by atoms with van der Waals surface area (Å²) in [5.41, 5.74) is 7.75. The van der Waals surface area contributed by atoms with Crippen LogP contribution in [0.1, 0.15) is 24.1 Å². The molecule has 1 aromatic heterocycles. The first-order chi connectivity index (χ1) is 8.67. The molecule has 2 heterocycles. The zero-order valence-corrected chi connectivity index (χ0v) is 10.6. The van der Waals surface area contributed by atoms with E-state index in [0.29, 0.717) is 23.4 Å². The minimum absolute atomic E-state index is 0.347. The zero-order chi connectivity index (χ0) is 12.7. The second kappa shape index (κ2) is 4.25. The van der Waals surface area contributed by atoms with Gasteiger partial charge in [0.2, 0.25) is 0 Å². The van der Waals surface area contributed by atoms with E-state index in [0.717, 1.165) is 31.0 Å². The van der Waals surface area contributed by atoms with Crippen molar-refractivity contribution in [3.8, 4) is 6.07 Å². The molecule has 3 rings (SSSR count). The number of rotatable bonds is 1. The van der Waals surface area contributed by atoms with Gasteiger partial charge in [-0.25, -0.2) is 4.98 Å². The fourth-order valence-corrected chi connectivity index (χ4v) is 3.37. The molecule has 94 valence electrons. The van der Waals surface area contributed by atoms with Crippen molar-refractivity contribution >= 4 is 5.82 Å². The van der Waals surface area contributed by atoms with Crippen molar-refractivity contribution in [2.75, 3.05) is 18.0 Å². The summed E-state index contributed by atoms with van der Waals surface area (Å²) in [6, 6.07) is 6.26. The fraction of sp³-hybridized carbons (Fsp3) is 0.571. The van der Waals surface area contributed by atoms with Crippen LogP contribution in [0.2, 0.25) is 0 Å². The normalized spacial score (nSPS) is 30.3. The summed E-state index contributed by atoms with van der Waals surface area (Å²) in [7, 11) is 0. The summed E-state index contributed by atoms with van der Waals surface area (Å²) in [6.07, 6.45) is 2.40. The first-order valence-electron chi connectivity index (χ1n) is 6.56. The molecule has 3 unspecified atom stereocenters. The average Bonchev–Trinajstić information content (AvgIpc) is 2.91. The van der Waals surface area contributed by atoms with Crippen LogP contribution in [0.3, 0.4) is 0 Å². The summed E-state index contributed by atoms with van der Waals surface area (Å²) < 4.78 is 0. The Hall–Kier alpha value is -1.60. The topological polar surface area (TPSA) is 65.9 Å². The minimum atomic E-state index is 0.347. The molecule has 1 saturated carbocycles. The first-order valence-corrected chi connectivity index (χ1v) is 6.56. The number of anilines is 1. The van der Waals surface area contributed by atoms with E-state index >= 15 is 0 Å². The number of nitriles is 1. The highest BCUT2D eigenvalue weighted by Gasteiger charge is 2.41. The Morgan fingerprint density at radius 3 is 2.94 bits per heavy atom. The van der Waals surface area contributed by atoms with Crippen LogP contribution in [-0.4, -0.2) is 24.1 Å². The van der Waals surface area contributed by atoms with E-state index in [1.165, 1.54) is 6.42 Å². The van der Waals surface area contributed by atoms with Gasteiger partial charge < -0.3 is 10.6 Å². The van der Waals surface area contributed by atoms with Crippen LogP contribution in [0.5, 0.6) is 0 Å². The molecule has 3 atom stereocenters. The lowest BCUT2D eigenvalue weighted by Crippen LogP contribution is -2.30. The number of aromatic nitrogens is 1. The van der Waals surface area contributed by atoms with Gasteiger partial charge in [0.1, 0.15) is 5.82 Å². The number of pyridine rings is 1. The van der Waals surface area contributed by atoms with Crippen molar-refractivity contribution in [3.63, 3.8) is 0 Å². The third-order valence-electron chi connectivity index (χ3n) is 4.31. The number of aryl methyl sites for hydroxylation is 1. The molecule has 2 fully saturated rings. The summed E-state index contributed by atoms with van der Waals surface area (Å²) in [6.45, 7) is 3.97. The predicted octanol–water partition coefficient (Wildman–Crippen LogP) is 1.44. The Labute approximate surface area is 107 Å². The lowest BCUT2D eigenvalue weighted by Gasteiger charge is -2.20. The Bertz CT molecular complexity index is 505. The molecule has 2 aliphatic rings. The van der Waals surface area contributed by atoms with Gasteiger partial charge in [0.05, 0.1) is 11.6 Å². The van der Waals surface area contributed by atoms with E-state index in [-0.39, 0.29) is 0 Å². The van der Waals surface area contributed by atoms with E-state index in [9.17, 15) is 0 Å². The van der Waals surface area contributed by atoms with Crippen LogP contribution < -0.4 is 10.6 Å². The maximum atomic E-state index is 9.02. The molecule has 1 aliphatic carbocycles. The molecule has 18 heavy (non-hydrogen) atoms. The lowest BCUT2D eigenvalue weighted by atomic mass is 9.98. The molecule has 4 nitrogen and oxygen atoms in total. The molecular formula is C14H18N4. The molecule has 0 spiro atoms. The summed E-state index contributed by atoms with van der Waals surface area (Å²) in [5.74, 6) is 2.26. The summed E-state index contributed by atoms with van der Waals surface area (Å²) >= 11 is 0. The summed E-state index contributed by atoms with van der Waals surface area (Å²) in [4.78, 5) is 6.84. The number of nitrogens with two attached hydrogens (primary N) is 1. The number of nitrogens with zero attached hydrogens (tertiary/aromatic N) is 3. The number of hydrogen-bond acceptors (Lipinski definition) is 4. The molecule has 0 amide bonds. The van der Waals surface area contributed by atoms with E-state index in [2.05, 4.69) is 16.0 Å². The third kappa shape index (κ3) is 1.85. The zero-order valence-electron chi connectivity index (χ0n) is 10.6. The predicted molar refractivity (Wildman–Crippen MR) is 70.1 cm³/mol. The van der Waals surface area contributed by atoms with Crippen molar-refractivity contribution < 1.29 is 0 Å². The van der Waals surface area contributed by atoms with E-state index < -0.39 is 0 Å². The highest BCUT2D eigenvalue weighted by molar-refractivity contribution is 5.47. The van der Waals surface area contributed by atoms with Gasteiger partial charge in [0.15, 0.2) is 0 Å². The molecule has 4 heteroatoms. The number of hydrogen-bond donors (Lipinski definition) is 1. The maximum Gasteiger partial charge on any atom is 0.130 e. The Morgan fingerprint density at radius 1 is 1.39 bits per heavy atom. The second-order valence-electron chi connectivity index (χ2n) is 5.54. The van der Waals surface area contributed by atoms with Gasteiger partial charge in [-0.15, -0.1) is 0 Å². The van der Waals surface area contributed by atoms with Crippen molar-refractivity contribution in [2.24, 2.45) is 17.6 Å². The van der Waals surface area contributed by atoms with Crippen LogP contribution in [0.25, 0.3) is 0 Å². The molecule has 0 bridgehead atoms. The van der Waals surface area contributed by atoms with Crippen molar-refractivity contribution in [3.05, 3.63) is 23.4 Å². The Balaban J connectivity index is 1.85. The number of fused-ring (bicyclic) bond motifs is 1. The molecular weight excluding hydrogens is 224 g/mol. The van der Waals surface area contributed by atoms with E-state index in [4.69, 9.17) is 11.0 Å². The average molecular weight is 242 g/mol. The highest BCUT2D eigenvalue weighted by Crippen LogP contribution is 2.38. The molecule has 2 N–H and O–H groups in total. The van der Waals surface area contributed by atoms with Gasteiger partial charge >= 0.3 is 0 Å². The lowest BCUT2D eigenvalue weighted by molar-refractivity contribution is 0.453. The van der Waals surface area contributed by atoms with Crippen LogP contribution in [-0.2, 0) is 0 Å². The minimum Gasteiger partial charge on any atom is -0.356 e. The van der Waals surface area contributed by atoms with Crippen LogP contribution >= 0.6 is 0 Å². The standard InChI is InChI=1S/C14H18N4/c1-9-4-10(6-15)5-14(17-9)18-7-11-2-3-13(16)12(11)8-18/h4-5,11-13H,2-3,7-8,16H2,1H3. The van der Waals surface area contributed by atoms with Crippen LogP contribution in [0.4, 0.5) is 5.82 Å². The van der Waals surface area contributed by atoms with Crippen molar-refractivity contribution in [2.45, 2.75) is 25.8 Å². The first kappa shape index (κ1) is 11.5. The fourth-order valence-electron chi connectivity index (χ4n) is 3.37. The van der Waals surface area contributed by atoms with Crippen LogP contribution in [0, 0.1) is 30.1 Å². The molecule has 0 aromatic carbocycles. The van der Waals surface area contributed by atoms with Crippen molar-refractivity contribution in [1.82, 2.24) is 4.98 Å². The van der Waals surface area contributed by atoms with Gasteiger partial charge in [-0.1, -0.05) is 0 Å². The molecule has 1 aromatic rings. The van der Waals surface area contributed by atoms with Crippen LogP contribution in [0.15, 0.2) is 12.1 Å². The highest BCUT2D eigenvalue weighted by atomic mass is 15.2. The molecule has 0 radical (unpaired) electrons. The smallest absolute Gasteiger partial charge is 0.130 e.